The fourth-order valence-corrected chi connectivity index (χ4v) is 1.94. The van der Waals surface area contributed by atoms with Crippen LogP contribution in [-0.4, -0.2) is 43.5 Å². The van der Waals surface area contributed by atoms with Crippen molar-refractivity contribution in [2.24, 2.45) is 5.73 Å². The van der Waals surface area contributed by atoms with Gasteiger partial charge in [-0.3, -0.25) is 4.79 Å². The Balaban J connectivity index is 2.33. The number of ether oxygens (including phenoxy) is 3. The topological polar surface area (TPSA) is 99.9 Å². The highest BCUT2D eigenvalue weighted by Crippen LogP contribution is 2.13. The van der Waals surface area contributed by atoms with E-state index in [1.165, 1.54) is 0 Å². The fourth-order valence-electron chi connectivity index (χ4n) is 1.94. The summed E-state index contributed by atoms with van der Waals surface area (Å²) in [7, 11) is 0. The molecule has 0 radical (unpaired) electrons. The number of carbonyl (C=O) groups excluding carboxylic acids is 2. The highest BCUT2D eigenvalue weighted by molar-refractivity contribution is 5.75. The predicted molar refractivity (Wildman–Crippen MR) is 94.5 cm³/mol. The summed E-state index contributed by atoms with van der Waals surface area (Å²) in [6.45, 7) is 8.13. The first-order valence-corrected chi connectivity index (χ1v) is 8.32. The van der Waals surface area contributed by atoms with Crippen LogP contribution in [0.1, 0.15) is 33.3 Å². The van der Waals surface area contributed by atoms with Crippen LogP contribution in [0.3, 0.4) is 0 Å². The third-order valence-electron chi connectivity index (χ3n) is 3.01. The second-order valence-corrected chi connectivity index (χ2v) is 6.48. The molecule has 0 saturated carbocycles. The number of nitrogens with two attached hydrogens (primary N) is 1. The molecule has 140 valence electrons. The average Bonchev–Trinajstić information content (AvgIpc) is 2.51. The molecule has 25 heavy (non-hydrogen) atoms. The fraction of sp³-hybridized carbons (Fsp3) is 0.556. The number of hydrogen-bond donors (Lipinski definition) is 2. The van der Waals surface area contributed by atoms with Crippen LogP contribution in [0.5, 0.6) is 5.75 Å². The number of alkyl carbamates (subject to hydrolysis) is 1. The third kappa shape index (κ3) is 8.95. The molecule has 0 saturated heterocycles. The highest BCUT2D eigenvalue weighted by atomic mass is 16.6. The lowest BCUT2D eigenvalue weighted by molar-refractivity contribution is -0.144. The van der Waals surface area contributed by atoms with Gasteiger partial charge in [-0.15, -0.1) is 0 Å². The SMILES string of the molecule is CCOC(=O)[C@@H](N)Cc1ccc(OCCNC(=O)OC(C)(C)C)cc1. The van der Waals surface area contributed by atoms with Crippen molar-refractivity contribution in [3.63, 3.8) is 0 Å². The molecule has 1 atom stereocenters. The van der Waals surface area contributed by atoms with E-state index >= 15 is 0 Å². The summed E-state index contributed by atoms with van der Waals surface area (Å²) in [6.07, 6.45) is -0.0707. The van der Waals surface area contributed by atoms with Crippen molar-refractivity contribution < 1.29 is 23.8 Å². The van der Waals surface area contributed by atoms with Crippen molar-refractivity contribution in [2.75, 3.05) is 19.8 Å². The zero-order valence-corrected chi connectivity index (χ0v) is 15.3. The maximum Gasteiger partial charge on any atom is 0.407 e. The molecule has 1 aromatic rings. The van der Waals surface area contributed by atoms with Crippen LogP contribution in [0.15, 0.2) is 24.3 Å². The van der Waals surface area contributed by atoms with Crippen molar-refractivity contribution in [3.05, 3.63) is 29.8 Å². The van der Waals surface area contributed by atoms with Gasteiger partial charge in [-0.1, -0.05) is 12.1 Å². The molecule has 0 spiro atoms. The molecule has 0 aliphatic carbocycles. The Kier molecular flexibility index (Phi) is 8.21. The molecular formula is C18H28N2O5. The minimum atomic E-state index is -0.676. The van der Waals surface area contributed by atoms with E-state index in [0.717, 1.165) is 5.56 Å². The van der Waals surface area contributed by atoms with Crippen LogP contribution in [0.2, 0.25) is 0 Å². The third-order valence-corrected chi connectivity index (χ3v) is 3.01. The minimum Gasteiger partial charge on any atom is -0.492 e. The molecule has 0 fully saturated rings. The number of amides is 1. The van der Waals surface area contributed by atoms with Gasteiger partial charge < -0.3 is 25.3 Å². The first-order valence-electron chi connectivity index (χ1n) is 8.32. The quantitative estimate of drug-likeness (QED) is 0.548. The summed E-state index contributed by atoms with van der Waals surface area (Å²) in [5, 5.41) is 2.62. The Morgan fingerprint density at radius 2 is 1.84 bits per heavy atom. The summed E-state index contributed by atoms with van der Waals surface area (Å²) >= 11 is 0. The molecule has 7 nitrogen and oxygen atoms in total. The standard InChI is InChI=1S/C18H28N2O5/c1-5-23-16(21)15(19)12-13-6-8-14(9-7-13)24-11-10-20-17(22)25-18(2,3)4/h6-9,15H,5,10-12,19H2,1-4H3,(H,20,22)/t15-/m0/s1. The van der Waals surface area contributed by atoms with Crippen LogP contribution < -0.4 is 15.8 Å². The predicted octanol–water partition coefficient (Wildman–Crippen LogP) is 2.02. The Hall–Kier alpha value is -2.28. The Labute approximate surface area is 148 Å². The maximum absolute atomic E-state index is 11.5. The van der Waals surface area contributed by atoms with Gasteiger partial charge in [0.25, 0.3) is 0 Å². The average molecular weight is 352 g/mol. The van der Waals surface area contributed by atoms with E-state index in [0.29, 0.717) is 31.9 Å². The van der Waals surface area contributed by atoms with E-state index in [-0.39, 0.29) is 0 Å². The Morgan fingerprint density at radius 1 is 1.20 bits per heavy atom. The lowest BCUT2D eigenvalue weighted by Gasteiger charge is -2.19. The highest BCUT2D eigenvalue weighted by Gasteiger charge is 2.16. The zero-order valence-electron chi connectivity index (χ0n) is 15.3. The first kappa shape index (κ1) is 20.8. The first-order chi connectivity index (χ1) is 11.7. The van der Waals surface area contributed by atoms with Crippen molar-refractivity contribution in [1.82, 2.24) is 5.32 Å². The number of hydrogen-bond acceptors (Lipinski definition) is 6. The molecule has 0 aliphatic rings. The molecule has 0 bridgehead atoms. The van der Waals surface area contributed by atoms with E-state index in [9.17, 15) is 9.59 Å². The van der Waals surface area contributed by atoms with Gasteiger partial charge in [-0.2, -0.15) is 0 Å². The van der Waals surface area contributed by atoms with E-state index in [1.54, 1.807) is 39.8 Å². The second kappa shape index (κ2) is 9.88. The maximum atomic E-state index is 11.5. The van der Waals surface area contributed by atoms with Gasteiger partial charge in [-0.25, -0.2) is 4.79 Å². The van der Waals surface area contributed by atoms with Crippen molar-refractivity contribution in [3.8, 4) is 5.75 Å². The molecule has 0 unspecified atom stereocenters. The number of esters is 1. The summed E-state index contributed by atoms with van der Waals surface area (Å²) in [5.74, 6) is 0.260. The molecule has 1 amide bonds. The number of carbonyl (C=O) groups is 2. The number of rotatable bonds is 8. The normalized spacial score (nSPS) is 12.2. The van der Waals surface area contributed by atoms with Gasteiger partial charge >= 0.3 is 12.1 Å². The van der Waals surface area contributed by atoms with Gasteiger partial charge in [0.15, 0.2) is 0 Å². The molecule has 7 heteroatoms. The van der Waals surface area contributed by atoms with Crippen molar-refractivity contribution in [2.45, 2.75) is 45.8 Å². The monoisotopic (exact) mass is 352 g/mol. The molecular weight excluding hydrogens is 324 g/mol. The van der Waals surface area contributed by atoms with E-state index in [2.05, 4.69) is 5.32 Å². The Morgan fingerprint density at radius 3 is 2.40 bits per heavy atom. The van der Waals surface area contributed by atoms with E-state index in [1.807, 2.05) is 12.1 Å². The number of benzene rings is 1. The van der Waals surface area contributed by atoms with Crippen LogP contribution >= 0.6 is 0 Å². The summed E-state index contributed by atoms with van der Waals surface area (Å²) in [6, 6.07) is 6.59. The number of nitrogens with one attached hydrogen (secondary N) is 1. The molecule has 0 heterocycles. The van der Waals surface area contributed by atoms with Crippen LogP contribution in [0.25, 0.3) is 0 Å². The lowest BCUT2D eigenvalue weighted by atomic mass is 10.1. The van der Waals surface area contributed by atoms with Crippen LogP contribution in [-0.2, 0) is 20.7 Å². The van der Waals surface area contributed by atoms with E-state index < -0.39 is 23.7 Å². The van der Waals surface area contributed by atoms with Gasteiger partial charge in [0.2, 0.25) is 0 Å². The van der Waals surface area contributed by atoms with E-state index in [4.69, 9.17) is 19.9 Å². The molecule has 1 aromatic carbocycles. The summed E-state index contributed by atoms with van der Waals surface area (Å²) in [4.78, 5) is 23.0. The summed E-state index contributed by atoms with van der Waals surface area (Å²) < 4.78 is 15.5. The Bertz CT molecular complexity index is 552. The smallest absolute Gasteiger partial charge is 0.407 e. The minimum absolute atomic E-state index is 0.316. The van der Waals surface area contributed by atoms with Gasteiger partial charge in [0.1, 0.15) is 24.0 Å². The van der Waals surface area contributed by atoms with Gasteiger partial charge in [0, 0.05) is 0 Å². The van der Waals surface area contributed by atoms with Crippen molar-refractivity contribution in [1.29, 1.82) is 0 Å². The van der Waals surface area contributed by atoms with Gasteiger partial charge in [-0.05, 0) is 51.8 Å². The molecule has 0 aliphatic heterocycles. The summed E-state index contributed by atoms with van der Waals surface area (Å²) in [5.41, 5.74) is 6.18. The lowest BCUT2D eigenvalue weighted by Crippen LogP contribution is -2.34. The molecule has 3 N–H and O–H groups in total. The second-order valence-electron chi connectivity index (χ2n) is 6.48. The van der Waals surface area contributed by atoms with Crippen LogP contribution in [0.4, 0.5) is 4.79 Å². The van der Waals surface area contributed by atoms with Crippen LogP contribution in [0, 0.1) is 0 Å². The van der Waals surface area contributed by atoms with Gasteiger partial charge in [0.05, 0.1) is 13.2 Å². The zero-order chi connectivity index (χ0) is 18.9. The molecule has 0 aromatic heterocycles. The van der Waals surface area contributed by atoms with Crippen molar-refractivity contribution >= 4 is 12.1 Å². The molecule has 1 rings (SSSR count). The largest absolute Gasteiger partial charge is 0.492 e.